The Morgan fingerprint density at radius 3 is 2.95 bits per heavy atom. The average Bonchev–Trinajstić information content (AvgIpc) is 3.15. The average molecular weight is 351 g/mol. The zero-order chi connectivity index (χ0) is 15.1. The van der Waals surface area contributed by atoms with Gasteiger partial charge in [-0.05, 0) is 0 Å². The van der Waals surface area contributed by atoms with Crippen molar-refractivity contribution in [3.63, 3.8) is 0 Å². The van der Waals surface area contributed by atoms with E-state index in [0.717, 1.165) is 57.3 Å². The number of nitrogens with zero attached hydrogens (tertiary/aromatic N) is 2. The molecule has 0 unspecified atom stereocenters. The number of aromatic amines is 1. The fourth-order valence-electron chi connectivity index (χ4n) is 3.07. The molecule has 1 radical (unpaired) electrons. The van der Waals surface area contributed by atoms with Gasteiger partial charge in [0.1, 0.15) is 0 Å². The summed E-state index contributed by atoms with van der Waals surface area (Å²) >= 11 is 3.48. The van der Waals surface area contributed by atoms with Crippen LogP contribution in [0.3, 0.4) is 0 Å². The van der Waals surface area contributed by atoms with Crippen LogP contribution in [0.15, 0.2) is 41.0 Å². The van der Waals surface area contributed by atoms with Gasteiger partial charge in [0, 0.05) is 0 Å². The van der Waals surface area contributed by atoms with Gasteiger partial charge in [-0.15, -0.1) is 0 Å². The molecular weight excluding hydrogens is 337 g/mol. The van der Waals surface area contributed by atoms with E-state index in [1.165, 1.54) is 0 Å². The molecule has 0 aliphatic heterocycles. The fraction of sp³-hybridized carbons (Fsp3) is 0.235. The van der Waals surface area contributed by atoms with Crippen LogP contribution in [0, 0.1) is 0 Å². The molecule has 3 nitrogen and oxygen atoms in total. The molecule has 1 atom stereocenters. The molecule has 0 saturated heterocycles. The minimum absolute atomic E-state index is 0.269. The predicted molar refractivity (Wildman–Crippen MR) is 94.4 cm³/mol. The first-order valence-electron chi connectivity index (χ1n) is 7.43. The van der Waals surface area contributed by atoms with Gasteiger partial charge < -0.3 is 0 Å². The number of nitrogens with one attached hydrogen (secondary N) is 1. The van der Waals surface area contributed by atoms with Crippen molar-refractivity contribution < 1.29 is 0 Å². The molecule has 22 heavy (non-hydrogen) atoms. The monoisotopic (exact) mass is 350 g/mol. The van der Waals surface area contributed by atoms with Gasteiger partial charge in [0.25, 0.3) is 0 Å². The molecule has 0 spiro atoms. The zero-order valence-electron chi connectivity index (χ0n) is 12.0. The summed E-state index contributed by atoms with van der Waals surface area (Å²) in [5.41, 5.74) is 3.87. The van der Waals surface area contributed by atoms with Crippen molar-refractivity contribution >= 4 is 39.8 Å². The zero-order valence-corrected chi connectivity index (χ0v) is 13.6. The van der Waals surface area contributed by atoms with Crippen molar-refractivity contribution in [2.24, 2.45) is 0 Å². The fourth-order valence-corrected chi connectivity index (χ4v) is 3.45. The number of aromatic nitrogens is 3. The molecule has 3 aromatic rings. The van der Waals surface area contributed by atoms with E-state index in [1.54, 1.807) is 0 Å². The predicted octanol–water partition coefficient (Wildman–Crippen LogP) is 4.00. The maximum atomic E-state index is 6.08. The molecule has 2 heterocycles. The number of hydrogen-bond donors (Lipinski definition) is 1. The van der Waals surface area contributed by atoms with E-state index in [4.69, 9.17) is 12.5 Å². The molecule has 1 aliphatic rings. The number of fused-ring (bicyclic) bond motifs is 1. The van der Waals surface area contributed by atoms with Gasteiger partial charge in [0.15, 0.2) is 0 Å². The quantitative estimate of drug-likeness (QED) is 0.710. The number of hydrogen-bond acceptors (Lipinski definition) is 2. The number of pyridine rings is 1. The Morgan fingerprint density at radius 1 is 1.23 bits per heavy atom. The summed E-state index contributed by atoms with van der Waals surface area (Å²) in [6.45, 7) is 0. The Balaban J connectivity index is 1.71. The van der Waals surface area contributed by atoms with Crippen molar-refractivity contribution in [1.29, 1.82) is 0 Å². The van der Waals surface area contributed by atoms with Crippen molar-refractivity contribution in [1.82, 2.24) is 15.0 Å². The van der Waals surface area contributed by atoms with Crippen LogP contribution in [-0.2, 0) is 0 Å². The maximum absolute atomic E-state index is 6.08. The third kappa shape index (κ3) is 2.43. The molecule has 1 fully saturated rings. The number of imidazole rings is 1. The molecule has 1 N–H and O–H groups in total. The van der Waals surface area contributed by atoms with E-state index < -0.39 is 0 Å². The summed E-state index contributed by atoms with van der Waals surface area (Å²) in [7, 11) is 6.08. The van der Waals surface area contributed by atoms with E-state index in [1.807, 2.05) is 24.4 Å². The SMILES string of the molecule is [B]=C1CCC[C@H]1c1ncc(-c2ccc3cc(Br)ccc3n2)[nH]1. The normalized spacial score (nSPS) is 18.2. The first kappa shape index (κ1) is 13.9. The van der Waals surface area contributed by atoms with Crippen LogP contribution >= 0.6 is 15.9 Å². The molecule has 1 aromatic carbocycles. The van der Waals surface area contributed by atoms with Crippen molar-refractivity contribution in [2.45, 2.75) is 25.2 Å². The molecule has 2 aromatic heterocycles. The molecule has 4 rings (SSSR count). The third-order valence-electron chi connectivity index (χ3n) is 4.26. The minimum atomic E-state index is 0.269. The summed E-state index contributed by atoms with van der Waals surface area (Å²) < 4.78 is 1.06. The summed E-state index contributed by atoms with van der Waals surface area (Å²) in [6.07, 6.45) is 5.09. The first-order chi connectivity index (χ1) is 10.7. The number of H-pyrrole nitrogens is 1. The summed E-state index contributed by atoms with van der Waals surface area (Å²) in [6, 6.07) is 10.2. The molecule has 1 aliphatic carbocycles. The van der Waals surface area contributed by atoms with Crippen LogP contribution in [0.25, 0.3) is 22.3 Å². The third-order valence-corrected chi connectivity index (χ3v) is 4.75. The Morgan fingerprint density at radius 2 is 2.14 bits per heavy atom. The van der Waals surface area contributed by atoms with E-state index >= 15 is 0 Å². The van der Waals surface area contributed by atoms with Crippen molar-refractivity contribution in [2.75, 3.05) is 0 Å². The van der Waals surface area contributed by atoms with E-state index in [9.17, 15) is 0 Å². The second-order valence-corrected chi connectivity index (χ2v) is 6.65. The van der Waals surface area contributed by atoms with Gasteiger partial charge in [-0.25, -0.2) is 0 Å². The van der Waals surface area contributed by atoms with Crippen LogP contribution in [0.4, 0.5) is 0 Å². The second-order valence-electron chi connectivity index (χ2n) is 5.74. The van der Waals surface area contributed by atoms with Gasteiger partial charge in [0.05, 0.1) is 0 Å². The molecule has 0 bridgehead atoms. The second kappa shape index (κ2) is 5.47. The Kier molecular flexibility index (Phi) is 3.45. The van der Waals surface area contributed by atoms with Gasteiger partial charge in [0.2, 0.25) is 0 Å². The summed E-state index contributed by atoms with van der Waals surface area (Å²) in [5, 5.41) is 1.12. The molecule has 1 saturated carbocycles. The molecule has 107 valence electrons. The number of benzene rings is 1. The van der Waals surface area contributed by atoms with Crippen molar-refractivity contribution in [3.8, 4) is 11.4 Å². The summed E-state index contributed by atoms with van der Waals surface area (Å²) in [5.74, 6) is 1.23. The first-order valence-corrected chi connectivity index (χ1v) is 8.23. The van der Waals surface area contributed by atoms with E-state index in [2.05, 4.69) is 38.0 Å². The van der Waals surface area contributed by atoms with E-state index in [-0.39, 0.29) is 5.92 Å². The van der Waals surface area contributed by atoms with Crippen LogP contribution < -0.4 is 0 Å². The van der Waals surface area contributed by atoms with Gasteiger partial charge in [-0.2, -0.15) is 0 Å². The van der Waals surface area contributed by atoms with E-state index in [0.29, 0.717) is 0 Å². The van der Waals surface area contributed by atoms with Gasteiger partial charge in [-0.1, -0.05) is 0 Å². The van der Waals surface area contributed by atoms with Gasteiger partial charge >= 0.3 is 138 Å². The Bertz CT molecular complexity index is 871. The summed E-state index contributed by atoms with van der Waals surface area (Å²) in [4.78, 5) is 12.6. The number of rotatable bonds is 2. The van der Waals surface area contributed by atoms with Gasteiger partial charge in [-0.3, -0.25) is 0 Å². The topological polar surface area (TPSA) is 41.6 Å². The number of halogens is 1. The Labute approximate surface area is 138 Å². The standard InChI is InChI=1S/C17H14BBrN3/c18-13-3-1-2-12(13)17-20-9-16(22-17)15-6-4-10-8-11(19)5-7-14(10)21-15/h4-9,12H,1-3H2,(H,20,22)/t12-/m1/s1. The van der Waals surface area contributed by atoms with Crippen LogP contribution in [0.5, 0.6) is 0 Å². The van der Waals surface area contributed by atoms with Crippen LogP contribution in [-0.4, -0.2) is 27.9 Å². The van der Waals surface area contributed by atoms with Crippen LogP contribution in [0.2, 0.25) is 0 Å². The molecule has 5 heteroatoms. The Hall–Kier alpha value is -1.75. The molecule has 0 amide bonds. The van der Waals surface area contributed by atoms with Crippen LogP contribution in [0.1, 0.15) is 31.0 Å². The molecular formula is C17H14BBrN3. The van der Waals surface area contributed by atoms with Crippen molar-refractivity contribution in [3.05, 3.63) is 46.8 Å².